The molecule has 1 heterocycles. The summed E-state index contributed by atoms with van der Waals surface area (Å²) in [5.74, 6) is 2.06. The van der Waals surface area contributed by atoms with Crippen LogP contribution in [-0.2, 0) is 0 Å². The third-order valence-electron chi connectivity index (χ3n) is 5.43. The number of fused-ring (bicyclic) bond motifs is 1. The molecule has 31 heavy (non-hydrogen) atoms. The van der Waals surface area contributed by atoms with Gasteiger partial charge in [-0.1, -0.05) is 29.3 Å². The largest absolute Gasteiger partial charge is 0.493 e. The smallest absolute Gasteiger partial charge is 0.161 e. The molecule has 0 atom stereocenters. The molecule has 0 saturated heterocycles. The van der Waals surface area contributed by atoms with Crippen molar-refractivity contribution in [1.82, 2.24) is 0 Å². The molecule has 0 radical (unpaired) electrons. The number of nitrogens with zero attached hydrogens (tertiary/aromatic N) is 1. The highest BCUT2D eigenvalue weighted by molar-refractivity contribution is 5.80. The number of benzene rings is 3. The Morgan fingerprint density at radius 2 is 1.42 bits per heavy atom. The standard InChI is InChI=1S/C27H27NO3/c1-16-7-9-23-21(13-16)22(28-27-18(3)11-17(2)12-19(27)4)15-25(31-23)20-8-10-24(29-5)26(14-20)30-6/h7-15H,1-6H3. The monoisotopic (exact) mass is 413 g/mol. The molecule has 0 aliphatic carbocycles. The first-order valence-electron chi connectivity index (χ1n) is 10.3. The highest BCUT2D eigenvalue weighted by atomic mass is 16.5. The normalized spacial score (nSPS) is 11.7. The fourth-order valence-corrected chi connectivity index (χ4v) is 3.98. The van der Waals surface area contributed by atoms with Crippen LogP contribution in [0.2, 0.25) is 0 Å². The maximum absolute atomic E-state index is 6.28. The van der Waals surface area contributed by atoms with Crippen LogP contribution in [-0.4, -0.2) is 14.2 Å². The van der Waals surface area contributed by atoms with Gasteiger partial charge in [-0.25, -0.2) is 4.99 Å². The van der Waals surface area contributed by atoms with E-state index in [1.54, 1.807) is 14.2 Å². The minimum atomic E-state index is 0.655. The maximum Gasteiger partial charge on any atom is 0.161 e. The lowest BCUT2D eigenvalue weighted by Gasteiger charge is -2.11. The molecular weight excluding hydrogens is 386 g/mol. The number of rotatable bonds is 4. The van der Waals surface area contributed by atoms with Gasteiger partial charge in [0.15, 0.2) is 11.5 Å². The van der Waals surface area contributed by atoms with Gasteiger partial charge in [-0.05, 0) is 69.2 Å². The van der Waals surface area contributed by atoms with Gasteiger partial charge in [-0.3, -0.25) is 0 Å². The van der Waals surface area contributed by atoms with Crippen LogP contribution in [0.4, 0.5) is 5.69 Å². The van der Waals surface area contributed by atoms with Gasteiger partial charge < -0.3 is 13.9 Å². The van der Waals surface area contributed by atoms with Crippen molar-refractivity contribution in [2.24, 2.45) is 4.99 Å². The van der Waals surface area contributed by atoms with E-state index in [2.05, 4.69) is 52.0 Å². The minimum Gasteiger partial charge on any atom is -0.493 e. The average Bonchev–Trinajstić information content (AvgIpc) is 2.75. The second-order valence-electron chi connectivity index (χ2n) is 7.92. The van der Waals surface area contributed by atoms with Gasteiger partial charge in [0.05, 0.1) is 25.3 Å². The molecule has 4 nitrogen and oxygen atoms in total. The summed E-state index contributed by atoms with van der Waals surface area (Å²) in [6, 6.07) is 18.3. The summed E-state index contributed by atoms with van der Waals surface area (Å²) >= 11 is 0. The van der Waals surface area contributed by atoms with E-state index in [4.69, 9.17) is 18.9 Å². The minimum absolute atomic E-state index is 0.655. The second-order valence-corrected chi connectivity index (χ2v) is 7.92. The fraction of sp³-hybridized carbons (Fsp3) is 0.222. The van der Waals surface area contributed by atoms with Crippen molar-refractivity contribution in [1.29, 1.82) is 0 Å². The molecule has 3 aromatic carbocycles. The molecule has 0 amide bonds. The van der Waals surface area contributed by atoms with Gasteiger partial charge in [0.2, 0.25) is 0 Å². The average molecular weight is 414 g/mol. The Bertz CT molecular complexity index is 1330. The Labute approximate surface area is 182 Å². The van der Waals surface area contributed by atoms with Crippen LogP contribution in [0.25, 0.3) is 22.3 Å². The van der Waals surface area contributed by atoms with Crippen LogP contribution < -0.4 is 14.8 Å². The van der Waals surface area contributed by atoms with E-state index in [0.717, 1.165) is 50.0 Å². The molecule has 0 aliphatic rings. The number of aryl methyl sites for hydroxylation is 4. The summed E-state index contributed by atoms with van der Waals surface area (Å²) in [6.45, 7) is 8.40. The van der Waals surface area contributed by atoms with Crippen molar-refractivity contribution in [3.63, 3.8) is 0 Å². The van der Waals surface area contributed by atoms with Crippen LogP contribution in [0.15, 0.2) is 64.0 Å². The van der Waals surface area contributed by atoms with Crippen molar-refractivity contribution < 1.29 is 13.9 Å². The molecule has 0 fully saturated rings. The SMILES string of the molecule is COc1ccc(-c2cc(=Nc3c(C)cc(C)cc3C)c3cc(C)ccc3o2)cc1OC. The molecule has 4 rings (SSSR count). The van der Waals surface area contributed by atoms with Gasteiger partial charge in [-0.2, -0.15) is 0 Å². The molecule has 0 aliphatic heterocycles. The summed E-state index contributed by atoms with van der Waals surface area (Å²) in [7, 11) is 3.26. The Kier molecular flexibility index (Phi) is 5.55. The van der Waals surface area contributed by atoms with Crippen molar-refractivity contribution in [2.45, 2.75) is 27.7 Å². The van der Waals surface area contributed by atoms with E-state index in [0.29, 0.717) is 11.5 Å². The van der Waals surface area contributed by atoms with Gasteiger partial charge in [0, 0.05) is 17.0 Å². The highest BCUT2D eigenvalue weighted by Gasteiger charge is 2.11. The van der Waals surface area contributed by atoms with Crippen molar-refractivity contribution in [3.8, 4) is 22.8 Å². The molecule has 1 aromatic heterocycles. The van der Waals surface area contributed by atoms with Crippen LogP contribution >= 0.6 is 0 Å². The third kappa shape index (κ3) is 4.06. The van der Waals surface area contributed by atoms with Crippen LogP contribution in [0, 0.1) is 27.7 Å². The van der Waals surface area contributed by atoms with Crippen LogP contribution in [0.3, 0.4) is 0 Å². The van der Waals surface area contributed by atoms with Gasteiger partial charge >= 0.3 is 0 Å². The van der Waals surface area contributed by atoms with E-state index in [1.165, 1.54) is 5.56 Å². The topological polar surface area (TPSA) is 44.0 Å². The van der Waals surface area contributed by atoms with Crippen LogP contribution in [0.1, 0.15) is 22.3 Å². The van der Waals surface area contributed by atoms with Gasteiger partial charge in [0.25, 0.3) is 0 Å². The van der Waals surface area contributed by atoms with Crippen molar-refractivity contribution in [2.75, 3.05) is 14.2 Å². The Morgan fingerprint density at radius 1 is 0.710 bits per heavy atom. The fourth-order valence-electron chi connectivity index (χ4n) is 3.98. The third-order valence-corrected chi connectivity index (χ3v) is 5.43. The first-order valence-corrected chi connectivity index (χ1v) is 10.3. The molecule has 0 saturated carbocycles. The molecular formula is C27H27NO3. The summed E-state index contributed by atoms with van der Waals surface area (Å²) < 4.78 is 17.1. The first-order chi connectivity index (χ1) is 14.9. The first kappa shape index (κ1) is 20.7. The van der Waals surface area contributed by atoms with E-state index in [9.17, 15) is 0 Å². The number of hydrogen-bond acceptors (Lipinski definition) is 4. The Morgan fingerprint density at radius 3 is 2.10 bits per heavy atom. The number of methoxy groups -OCH3 is 2. The summed E-state index contributed by atoms with van der Waals surface area (Å²) in [6.07, 6.45) is 0. The molecule has 158 valence electrons. The lowest BCUT2D eigenvalue weighted by Crippen LogP contribution is -2.04. The molecule has 4 aromatic rings. The Balaban J connectivity index is 2.01. The maximum atomic E-state index is 6.28. The predicted molar refractivity (Wildman–Crippen MR) is 125 cm³/mol. The van der Waals surface area contributed by atoms with Gasteiger partial charge in [-0.15, -0.1) is 0 Å². The number of ether oxygens (including phenoxy) is 2. The zero-order valence-electron chi connectivity index (χ0n) is 18.9. The van der Waals surface area contributed by atoms with E-state index < -0.39 is 0 Å². The van der Waals surface area contributed by atoms with Crippen molar-refractivity contribution in [3.05, 3.63) is 82.2 Å². The van der Waals surface area contributed by atoms with Gasteiger partial charge in [0.1, 0.15) is 11.3 Å². The van der Waals surface area contributed by atoms with Crippen molar-refractivity contribution >= 4 is 16.7 Å². The van der Waals surface area contributed by atoms with Crippen LogP contribution in [0.5, 0.6) is 11.5 Å². The predicted octanol–water partition coefficient (Wildman–Crippen LogP) is 6.58. The Hall–Kier alpha value is -3.53. The summed E-state index contributed by atoms with van der Waals surface area (Å²) in [4.78, 5) is 5.10. The molecule has 0 N–H and O–H groups in total. The summed E-state index contributed by atoms with van der Waals surface area (Å²) in [5.41, 5.74) is 7.41. The van der Waals surface area contributed by atoms with E-state index in [1.807, 2.05) is 30.3 Å². The number of hydrogen-bond donors (Lipinski definition) is 0. The molecule has 0 bridgehead atoms. The summed E-state index contributed by atoms with van der Waals surface area (Å²) in [5, 5.41) is 1.87. The zero-order chi connectivity index (χ0) is 22.1. The molecule has 0 unspecified atom stereocenters. The lowest BCUT2D eigenvalue weighted by molar-refractivity contribution is 0.355. The van der Waals surface area contributed by atoms with E-state index in [-0.39, 0.29) is 0 Å². The lowest BCUT2D eigenvalue weighted by atomic mass is 10.0. The second kappa shape index (κ2) is 8.31. The highest BCUT2D eigenvalue weighted by Crippen LogP contribution is 2.33. The molecule has 4 heteroatoms. The molecule has 0 spiro atoms. The van der Waals surface area contributed by atoms with E-state index >= 15 is 0 Å². The zero-order valence-corrected chi connectivity index (χ0v) is 18.9. The quantitative estimate of drug-likeness (QED) is 0.379.